The molecule has 0 radical (unpaired) electrons. The van der Waals surface area contributed by atoms with Crippen LogP contribution in [0.25, 0.3) is 0 Å². The Hall–Kier alpha value is -1.92. The zero-order valence-corrected chi connectivity index (χ0v) is 16.3. The Morgan fingerprint density at radius 2 is 1.88 bits per heavy atom. The van der Waals surface area contributed by atoms with E-state index in [4.69, 9.17) is 12.2 Å². The van der Waals surface area contributed by atoms with E-state index in [2.05, 4.69) is 42.3 Å². The first-order valence-corrected chi connectivity index (χ1v) is 9.75. The van der Waals surface area contributed by atoms with Gasteiger partial charge in [0.25, 0.3) is 0 Å². The Bertz CT molecular complexity index is 750. The zero-order chi connectivity index (χ0) is 17.8. The van der Waals surface area contributed by atoms with E-state index in [0.717, 1.165) is 41.9 Å². The van der Waals surface area contributed by atoms with Gasteiger partial charge in [-0.05, 0) is 54.7 Å². The maximum absolute atomic E-state index is 12.4. The van der Waals surface area contributed by atoms with Gasteiger partial charge in [0, 0.05) is 36.7 Å². The van der Waals surface area contributed by atoms with Gasteiger partial charge in [-0.15, -0.1) is 11.3 Å². The number of piperazine rings is 1. The summed E-state index contributed by atoms with van der Waals surface area (Å²) in [5.74, 6) is 0.204. The molecule has 0 aliphatic carbocycles. The number of benzene rings is 1. The molecule has 1 aliphatic rings. The number of anilines is 1. The first kappa shape index (κ1) is 17.9. The second kappa shape index (κ2) is 7.97. The minimum Gasteiger partial charge on any atom is -0.345 e. The van der Waals surface area contributed by atoms with Crippen LogP contribution in [0.5, 0.6) is 0 Å². The number of amides is 1. The fourth-order valence-electron chi connectivity index (χ4n) is 2.90. The maximum Gasteiger partial charge on any atom is 0.227 e. The third-order valence-electron chi connectivity index (χ3n) is 4.46. The molecule has 132 valence electrons. The van der Waals surface area contributed by atoms with Gasteiger partial charge in [0.1, 0.15) is 0 Å². The molecule has 3 rings (SSSR count). The first-order chi connectivity index (χ1) is 12.0. The molecule has 2 heterocycles. The molecule has 1 N–H and O–H groups in total. The quantitative estimate of drug-likeness (QED) is 0.836. The number of thiophene rings is 1. The molecule has 1 aromatic carbocycles. The van der Waals surface area contributed by atoms with Crippen LogP contribution in [0.3, 0.4) is 0 Å². The third-order valence-corrected chi connectivity index (χ3v) is 5.70. The minimum absolute atomic E-state index is 0.204. The molecule has 0 spiro atoms. The van der Waals surface area contributed by atoms with Gasteiger partial charge in [0.15, 0.2) is 5.11 Å². The summed E-state index contributed by atoms with van der Waals surface area (Å²) >= 11 is 7.21. The molecule has 0 atom stereocenters. The van der Waals surface area contributed by atoms with Crippen molar-refractivity contribution in [2.45, 2.75) is 20.3 Å². The molecule has 1 aliphatic heterocycles. The van der Waals surface area contributed by atoms with E-state index in [9.17, 15) is 4.79 Å². The van der Waals surface area contributed by atoms with E-state index in [1.54, 1.807) is 11.3 Å². The maximum atomic E-state index is 12.4. The van der Waals surface area contributed by atoms with Crippen molar-refractivity contribution < 1.29 is 4.79 Å². The van der Waals surface area contributed by atoms with Gasteiger partial charge >= 0.3 is 0 Å². The molecule has 4 nitrogen and oxygen atoms in total. The van der Waals surface area contributed by atoms with E-state index in [-0.39, 0.29) is 5.91 Å². The van der Waals surface area contributed by atoms with Crippen LogP contribution in [0.4, 0.5) is 5.69 Å². The number of carbonyl (C=O) groups excluding carboxylic acids is 1. The summed E-state index contributed by atoms with van der Waals surface area (Å²) in [6, 6.07) is 10.3. The zero-order valence-electron chi connectivity index (χ0n) is 14.6. The van der Waals surface area contributed by atoms with Gasteiger partial charge in [0.05, 0.1) is 6.42 Å². The van der Waals surface area contributed by atoms with Gasteiger partial charge in [-0.25, -0.2) is 0 Å². The van der Waals surface area contributed by atoms with E-state index >= 15 is 0 Å². The number of nitrogens with one attached hydrogen (secondary N) is 1. The highest BCUT2D eigenvalue weighted by Crippen LogP contribution is 2.18. The van der Waals surface area contributed by atoms with Crippen molar-refractivity contribution in [3.8, 4) is 0 Å². The Morgan fingerprint density at radius 1 is 1.16 bits per heavy atom. The van der Waals surface area contributed by atoms with Gasteiger partial charge in [-0.2, -0.15) is 0 Å². The van der Waals surface area contributed by atoms with Crippen LogP contribution in [0.1, 0.15) is 16.0 Å². The summed E-state index contributed by atoms with van der Waals surface area (Å²) in [7, 11) is 0. The van der Waals surface area contributed by atoms with Crippen LogP contribution >= 0.6 is 23.6 Å². The summed E-state index contributed by atoms with van der Waals surface area (Å²) in [5, 5.41) is 6.10. The fraction of sp³-hybridized carbons (Fsp3) is 0.368. The predicted octanol–water partition coefficient (Wildman–Crippen LogP) is 3.45. The predicted molar refractivity (Wildman–Crippen MR) is 108 cm³/mol. The van der Waals surface area contributed by atoms with Crippen molar-refractivity contribution in [1.29, 1.82) is 0 Å². The molecule has 2 aromatic rings. The lowest BCUT2D eigenvalue weighted by Crippen LogP contribution is -2.52. The van der Waals surface area contributed by atoms with Gasteiger partial charge in [-0.1, -0.05) is 18.2 Å². The van der Waals surface area contributed by atoms with E-state index < -0.39 is 0 Å². The molecule has 1 amide bonds. The molecule has 0 saturated carbocycles. The average Bonchev–Trinajstić information content (AvgIpc) is 3.11. The van der Waals surface area contributed by atoms with Crippen molar-refractivity contribution >= 4 is 40.3 Å². The van der Waals surface area contributed by atoms with Crippen molar-refractivity contribution in [2.24, 2.45) is 0 Å². The van der Waals surface area contributed by atoms with Gasteiger partial charge in [-0.3, -0.25) is 4.79 Å². The van der Waals surface area contributed by atoms with Crippen LogP contribution in [0, 0.1) is 13.8 Å². The summed E-state index contributed by atoms with van der Waals surface area (Å²) in [5.41, 5.74) is 3.44. The van der Waals surface area contributed by atoms with Gasteiger partial charge in [0.2, 0.25) is 5.91 Å². The van der Waals surface area contributed by atoms with Crippen LogP contribution in [0.2, 0.25) is 0 Å². The van der Waals surface area contributed by atoms with Crippen LogP contribution < -0.4 is 5.32 Å². The summed E-state index contributed by atoms with van der Waals surface area (Å²) in [4.78, 5) is 17.6. The molecular weight excluding hydrogens is 350 g/mol. The van der Waals surface area contributed by atoms with Crippen molar-refractivity contribution in [3.63, 3.8) is 0 Å². The third kappa shape index (κ3) is 4.58. The molecule has 0 bridgehead atoms. The van der Waals surface area contributed by atoms with Crippen molar-refractivity contribution in [2.75, 3.05) is 31.5 Å². The normalized spacial score (nSPS) is 14.5. The molecule has 1 aromatic heterocycles. The number of hydrogen-bond donors (Lipinski definition) is 1. The molecule has 6 heteroatoms. The molecule has 1 fully saturated rings. The van der Waals surface area contributed by atoms with Crippen LogP contribution in [-0.2, 0) is 11.2 Å². The SMILES string of the molecule is Cc1ccc(C)c(NC(=S)N2CCN(C(=O)Cc3cccs3)CC2)c1. The number of rotatable bonds is 3. The Balaban J connectivity index is 1.52. The monoisotopic (exact) mass is 373 g/mol. The summed E-state index contributed by atoms with van der Waals surface area (Å²) < 4.78 is 0. The standard InChI is InChI=1S/C19H23N3OS2/c1-14-5-6-15(2)17(12-14)20-19(24)22-9-7-21(8-10-22)18(23)13-16-4-3-11-25-16/h3-6,11-12H,7-10,13H2,1-2H3,(H,20,24). The largest absolute Gasteiger partial charge is 0.345 e. The van der Waals surface area contributed by atoms with E-state index in [0.29, 0.717) is 6.42 Å². The van der Waals surface area contributed by atoms with E-state index in [1.807, 2.05) is 22.4 Å². The molecular formula is C19H23N3OS2. The number of hydrogen-bond acceptors (Lipinski definition) is 3. The lowest BCUT2D eigenvalue weighted by atomic mass is 10.1. The van der Waals surface area contributed by atoms with Crippen molar-refractivity contribution in [1.82, 2.24) is 9.80 Å². The molecule has 25 heavy (non-hydrogen) atoms. The molecule has 1 saturated heterocycles. The Labute approximate surface area is 158 Å². The Morgan fingerprint density at radius 3 is 2.56 bits per heavy atom. The number of carbonyl (C=O) groups is 1. The molecule has 0 unspecified atom stereocenters. The summed E-state index contributed by atoms with van der Waals surface area (Å²) in [6.07, 6.45) is 0.503. The Kier molecular flexibility index (Phi) is 5.71. The highest BCUT2D eigenvalue weighted by Gasteiger charge is 2.23. The second-order valence-corrected chi connectivity index (χ2v) is 7.79. The van der Waals surface area contributed by atoms with Crippen LogP contribution in [0.15, 0.2) is 35.7 Å². The van der Waals surface area contributed by atoms with E-state index in [1.165, 1.54) is 11.1 Å². The smallest absolute Gasteiger partial charge is 0.227 e. The number of thiocarbonyl (C=S) groups is 1. The minimum atomic E-state index is 0.204. The van der Waals surface area contributed by atoms with Gasteiger partial charge < -0.3 is 15.1 Å². The first-order valence-electron chi connectivity index (χ1n) is 8.46. The topological polar surface area (TPSA) is 35.6 Å². The highest BCUT2D eigenvalue weighted by molar-refractivity contribution is 7.80. The second-order valence-electron chi connectivity index (χ2n) is 6.37. The lowest BCUT2D eigenvalue weighted by molar-refractivity contribution is -0.131. The highest BCUT2D eigenvalue weighted by atomic mass is 32.1. The van der Waals surface area contributed by atoms with Crippen LogP contribution in [-0.4, -0.2) is 47.0 Å². The fourth-order valence-corrected chi connectivity index (χ4v) is 3.89. The number of aryl methyl sites for hydroxylation is 2. The van der Waals surface area contributed by atoms with Crippen molar-refractivity contribution in [3.05, 3.63) is 51.7 Å². The average molecular weight is 374 g/mol. The summed E-state index contributed by atoms with van der Waals surface area (Å²) in [6.45, 7) is 7.13. The lowest BCUT2D eigenvalue weighted by Gasteiger charge is -2.36. The number of nitrogens with zero attached hydrogens (tertiary/aromatic N) is 2.